The number of esters is 1. The summed E-state index contributed by atoms with van der Waals surface area (Å²) >= 11 is 0. The van der Waals surface area contributed by atoms with Crippen molar-refractivity contribution in [2.45, 2.75) is 51.4 Å². The highest BCUT2D eigenvalue weighted by Crippen LogP contribution is 2.40. The summed E-state index contributed by atoms with van der Waals surface area (Å²) in [5.74, 6) is 0.695. The second-order valence-corrected chi connectivity index (χ2v) is 6.34. The van der Waals surface area contributed by atoms with Gasteiger partial charge in [0, 0.05) is 40.3 Å². The maximum absolute atomic E-state index is 11.0. The van der Waals surface area contributed by atoms with Crippen LogP contribution in [-0.4, -0.2) is 52.9 Å². The number of rotatable bonds is 10. The highest BCUT2D eigenvalue weighted by molar-refractivity contribution is 14.0. The van der Waals surface area contributed by atoms with Crippen LogP contribution in [0.2, 0.25) is 0 Å². The Balaban J connectivity index is 0.00000529. The van der Waals surface area contributed by atoms with E-state index in [1.165, 1.54) is 32.8 Å². The number of halogens is 1. The van der Waals surface area contributed by atoms with Gasteiger partial charge in [-0.3, -0.25) is 9.79 Å². The number of nitrogens with zero attached hydrogens (tertiary/aromatic N) is 1. The molecule has 0 atom stereocenters. The molecule has 1 saturated carbocycles. The minimum Gasteiger partial charge on any atom is -0.469 e. The van der Waals surface area contributed by atoms with Crippen LogP contribution in [0.15, 0.2) is 4.99 Å². The molecule has 2 N–H and O–H groups in total. The molecule has 142 valence electrons. The summed E-state index contributed by atoms with van der Waals surface area (Å²) in [6, 6.07) is 0. The summed E-state index contributed by atoms with van der Waals surface area (Å²) in [5, 5.41) is 6.78. The maximum Gasteiger partial charge on any atom is 0.305 e. The quantitative estimate of drug-likeness (QED) is 0.174. The summed E-state index contributed by atoms with van der Waals surface area (Å²) in [5.41, 5.74) is 0.346. The molecule has 1 aliphatic rings. The van der Waals surface area contributed by atoms with Gasteiger partial charge in [0.2, 0.25) is 0 Å². The van der Waals surface area contributed by atoms with Crippen molar-refractivity contribution in [3.8, 4) is 0 Å². The third kappa shape index (κ3) is 9.05. The maximum atomic E-state index is 11.0. The van der Waals surface area contributed by atoms with Gasteiger partial charge in [0.25, 0.3) is 0 Å². The Morgan fingerprint density at radius 2 is 1.88 bits per heavy atom. The number of aliphatic imine (C=N–C) groups is 1. The molecular formula is C17H34IN3O3. The van der Waals surface area contributed by atoms with E-state index < -0.39 is 0 Å². The van der Waals surface area contributed by atoms with E-state index >= 15 is 0 Å². The number of hydrogen-bond acceptors (Lipinski definition) is 4. The molecule has 6 nitrogen and oxygen atoms in total. The number of methoxy groups -OCH3 is 2. The molecule has 24 heavy (non-hydrogen) atoms. The first-order valence-corrected chi connectivity index (χ1v) is 8.66. The van der Waals surface area contributed by atoms with Crippen LogP contribution in [0.5, 0.6) is 0 Å². The molecule has 0 bridgehead atoms. The van der Waals surface area contributed by atoms with Crippen LogP contribution in [0.4, 0.5) is 0 Å². The van der Waals surface area contributed by atoms with Crippen LogP contribution in [0.3, 0.4) is 0 Å². The van der Waals surface area contributed by atoms with Crippen LogP contribution in [-0.2, 0) is 14.3 Å². The Morgan fingerprint density at radius 3 is 2.46 bits per heavy atom. The van der Waals surface area contributed by atoms with Crippen LogP contribution < -0.4 is 10.6 Å². The third-order valence-electron chi connectivity index (χ3n) is 4.68. The summed E-state index contributed by atoms with van der Waals surface area (Å²) < 4.78 is 9.90. The van der Waals surface area contributed by atoms with Crippen molar-refractivity contribution in [1.82, 2.24) is 10.6 Å². The number of unbranched alkanes of at least 4 members (excludes halogenated alkanes) is 1. The lowest BCUT2D eigenvalue weighted by molar-refractivity contribution is -0.140. The molecule has 0 aromatic carbocycles. The van der Waals surface area contributed by atoms with E-state index in [0.29, 0.717) is 11.8 Å². The Morgan fingerprint density at radius 1 is 1.17 bits per heavy atom. The number of hydrogen-bond donors (Lipinski definition) is 2. The van der Waals surface area contributed by atoms with E-state index in [1.807, 2.05) is 0 Å². The van der Waals surface area contributed by atoms with Gasteiger partial charge in [-0.15, -0.1) is 24.0 Å². The molecule has 0 radical (unpaired) electrons. The second kappa shape index (κ2) is 13.7. The van der Waals surface area contributed by atoms with E-state index in [1.54, 1.807) is 14.2 Å². The Bertz CT molecular complexity index is 372. The first-order valence-electron chi connectivity index (χ1n) is 8.66. The summed E-state index contributed by atoms with van der Waals surface area (Å²) in [6.07, 6.45) is 8.48. The monoisotopic (exact) mass is 455 g/mol. The van der Waals surface area contributed by atoms with E-state index in [0.717, 1.165) is 44.9 Å². The van der Waals surface area contributed by atoms with Gasteiger partial charge >= 0.3 is 5.97 Å². The van der Waals surface area contributed by atoms with E-state index in [4.69, 9.17) is 4.74 Å². The van der Waals surface area contributed by atoms with Crippen LogP contribution in [0.25, 0.3) is 0 Å². The standard InChI is InChI=1S/C17H33N3O3.HI/c1-18-16(19-12-7-4-8-15(21)23-3)20-14-17(11-13-22-2)9-5-6-10-17;/h4-14H2,1-3H3,(H2,18,19,20);1H. The molecule has 0 aromatic heterocycles. The minimum absolute atomic E-state index is 0. The van der Waals surface area contributed by atoms with Crippen LogP contribution in [0.1, 0.15) is 51.4 Å². The van der Waals surface area contributed by atoms with Gasteiger partial charge in [-0.2, -0.15) is 0 Å². The fourth-order valence-corrected chi connectivity index (χ4v) is 3.15. The predicted octanol–water partition coefficient (Wildman–Crippen LogP) is 2.71. The Hall–Kier alpha value is -0.570. The molecule has 0 unspecified atom stereocenters. The van der Waals surface area contributed by atoms with Crippen molar-refractivity contribution in [2.75, 3.05) is 41.0 Å². The molecule has 7 heteroatoms. The van der Waals surface area contributed by atoms with Crippen molar-refractivity contribution in [3.05, 3.63) is 0 Å². The summed E-state index contributed by atoms with van der Waals surface area (Å²) in [4.78, 5) is 15.3. The average molecular weight is 455 g/mol. The zero-order valence-corrected chi connectivity index (χ0v) is 17.7. The normalized spacial score (nSPS) is 16.4. The largest absolute Gasteiger partial charge is 0.469 e. The van der Waals surface area contributed by atoms with Gasteiger partial charge in [-0.05, 0) is 37.5 Å². The molecule has 0 heterocycles. The second-order valence-electron chi connectivity index (χ2n) is 6.34. The molecular weight excluding hydrogens is 421 g/mol. The van der Waals surface area contributed by atoms with Crippen LogP contribution >= 0.6 is 24.0 Å². The highest BCUT2D eigenvalue weighted by Gasteiger charge is 2.33. The smallest absolute Gasteiger partial charge is 0.305 e. The topological polar surface area (TPSA) is 72.0 Å². The molecule has 1 fully saturated rings. The Kier molecular flexibility index (Phi) is 13.4. The van der Waals surface area contributed by atoms with Gasteiger partial charge in [0.15, 0.2) is 5.96 Å². The zero-order chi connectivity index (χ0) is 17.0. The lowest BCUT2D eigenvalue weighted by atomic mass is 9.83. The minimum atomic E-state index is -0.145. The van der Waals surface area contributed by atoms with Gasteiger partial charge in [-0.1, -0.05) is 12.8 Å². The summed E-state index contributed by atoms with van der Waals surface area (Å²) in [7, 11) is 4.99. The zero-order valence-electron chi connectivity index (χ0n) is 15.4. The van der Waals surface area contributed by atoms with Crippen LogP contribution in [0, 0.1) is 5.41 Å². The van der Waals surface area contributed by atoms with Crippen molar-refractivity contribution in [1.29, 1.82) is 0 Å². The number of carbonyl (C=O) groups is 1. The molecule has 0 amide bonds. The predicted molar refractivity (Wildman–Crippen MR) is 108 cm³/mol. The fraction of sp³-hybridized carbons (Fsp3) is 0.882. The highest BCUT2D eigenvalue weighted by atomic mass is 127. The van der Waals surface area contributed by atoms with Crippen molar-refractivity contribution in [2.24, 2.45) is 10.4 Å². The van der Waals surface area contributed by atoms with Gasteiger partial charge in [0.05, 0.1) is 7.11 Å². The number of ether oxygens (including phenoxy) is 2. The first kappa shape index (κ1) is 23.4. The van der Waals surface area contributed by atoms with E-state index in [-0.39, 0.29) is 29.9 Å². The lowest BCUT2D eigenvalue weighted by Gasteiger charge is -2.30. The molecule has 0 spiro atoms. The van der Waals surface area contributed by atoms with E-state index in [2.05, 4.69) is 20.4 Å². The van der Waals surface area contributed by atoms with Crippen molar-refractivity contribution in [3.63, 3.8) is 0 Å². The molecule has 0 saturated heterocycles. The molecule has 0 aliphatic heterocycles. The number of nitrogens with one attached hydrogen (secondary N) is 2. The van der Waals surface area contributed by atoms with Gasteiger partial charge in [0.1, 0.15) is 0 Å². The molecule has 0 aromatic rings. The average Bonchev–Trinajstić information content (AvgIpc) is 3.04. The van der Waals surface area contributed by atoms with Gasteiger partial charge < -0.3 is 20.1 Å². The SMILES string of the molecule is CN=C(NCCCCC(=O)OC)NCC1(CCOC)CCCC1.I. The first-order chi connectivity index (χ1) is 11.2. The molecule has 1 rings (SSSR count). The number of guanidine groups is 1. The van der Waals surface area contributed by atoms with Crippen molar-refractivity contribution < 1.29 is 14.3 Å². The molecule has 1 aliphatic carbocycles. The van der Waals surface area contributed by atoms with Crippen molar-refractivity contribution >= 4 is 35.9 Å². The Labute approximate surface area is 163 Å². The fourth-order valence-electron chi connectivity index (χ4n) is 3.15. The van der Waals surface area contributed by atoms with Gasteiger partial charge in [-0.25, -0.2) is 0 Å². The summed E-state index contributed by atoms with van der Waals surface area (Å²) in [6.45, 7) is 2.57. The number of carbonyl (C=O) groups excluding carboxylic acids is 1. The van der Waals surface area contributed by atoms with E-state index in [9.17, 15) is 4.79 Å². The third-order valence-corrected chi connectivity index (χ3v) is 4.68. The lowest BCUT2D eigenvalue weighted by Crippen LogP contribution is -2.43.